The van der Waals surface area contributed by atoms with E-state index >= 15 is 0 Å². The third-order valence-corrected chi connectivity index (χ3v) is 16.3. The number of hydrogen-bond acceptors (Lipinski definition) is 0. The van der Waals surface area contributed by atoms with Crippen molar-refractivity contribution in [3.8, 4) is 0 Å². The van der Waals surface area contributed by atoms with Crippen LogP contribution in [-0.4, -0.2) is 6.86 Å². The molecule has 0 aromatic rings. The summed E-state index contributed by atoms with van der Waals surface area (Å²) in [7, 11) is 0. The number of allylic oxidation sites excluding steroid dienone is 3. The maximum absolute atomic E-state index is 4.12. The molecule has 0 aromatic heterocycles. The first kappa shape index (κ1) is 6.64. The Balaban J connectivity index is 2.32. The number of alkyl halides is 3. The fraction of sp³-hybridized carbons (Fsp3) is 0.429. The fourth-order valence-electron chi connectivity index (χ4n) is 1.07. The van der Waals surface area contributed by atoms with Crippen molar-refractivity contribution in [1.29, 1.82) is 0 Å². The van der Waals surface area contributed by atoms with Crippen LogP contribution < -0.4 is 21.2 Å². The van der Waals surface area contributed by atoms with E-state index in [0.29, 0.717) is 21.2 Å². The van der Waals surface area contributed by atoms with Gasteiger partial charge in [-0.15, -0.1) is 0 Å². The predicted molar refractivity (Wildman–Crippen MR) is 45.6 cm³/mol. The summed E-state index contributed by atoms with van der Waals surface area (Å²) < 4.78 is 6.62. The summed E-state index contributed by atoms with van der Waals surface area (Å²) >= 11 is -0.000331. The first-order valence-electron chi connectivity index (χ1n) is 2.98. The molecule has 1 saturated heterocycles. The van der Waals surface area contributed by atoms with Crippen molar-refractivity contribution >= 4 is 19.8 Å². The van der Waals surface area contributed by atoms with E-state index in [4.69, 9.17) is 0 Å². The van der Waals surface area contributed by atoms with Gasteiger partial charge in [0.1, 0.15) is 0 Å². The summed E-state index contributed by atoms with van der Waals surface area (Å²) in [6.07, 6.45) is 3.86. The average Bonchev–Trinajstić information content (AvgIpc) is 2.35. The molecule has 0 nitrogen and oxygen atoms in total. The van der Waals surface area contributed by atoms with Crippen molar-refractivity contribution in [2.24, 2.45) is 0 Å². The zero-order valence-electron chi connectivity index (χ0n) is 5.16. The van der Waals surface area contributed by atoms with Crippen LogP contribution >= 0.6 is 19.8 Å². The van der Waals surface area contributed by atoms with E-state index in [0.717, 1.165) is 0 Å². The molecule has 0 atom stereocenters. The van der Waals surface area contributed by atoms with Crippen LogP contribution in [0.4, 0.5) is 0 Å². The molecular weight excluding hydrogens is 338 g/mol. The van der Waals surface area contributed by atoms with Crippen LogP contribution in [0.15, 0.2) is 19.8 Å². The van der Waals surface area contributed by atoms with E-state index in [1.54, 1.807) is 14.0 Å². The van der Waals surface area contributed by atoms with E-state index in [-0.39, 0.29) is 0 Å². The summed E-state index contributed by atoms with van der Waals surface area (Å²) in [5, 5.41) is 0. The van der Waals surface area contributed by atoms with Gasteiger partial charge in [-0.25, -0.2) is 0 Å². The molecule has 0 aliphatic carbocycles. The minimum absolute atomic E-state index is 0.451. The summed E-state index contributed by atoms with van der Waals surface area (Å²) in [5.74, 6) is 0. The predicted octanol–water partition coefficient (Wildman–Crippen LogP) is -0.646. The number of halogens is 2. The number of fused-ring (bicyclic) bond motifs is 1. The second-order valence-corrected chi connectivity index (χ2v) is 13.5. The van der Waals surface area contributed by atoms with Gasteiger partial charge in [-0.2, -0.15) is 0 Å². The molecule has 2 heteroatoms. The van der Waals surface area contributed by atoms with E-state index in [2.05, 4.69) is 12.7 Å². The van der Waals surface area contributed by atoms with Gasteiger partial charge in [-0.3, -0.25) is 0 Å². The Hall–Kier alpha value is 0.940. The number of rotatable bonds is 0. The van der Waals surface area contributed by atoms with Crippen LogP contribution in [-0.2, 0) is 0 Å². The molecule has 0 unspecified atom stereocenters. The van der Waals surface area contributed by atoms with Gasteiger partial charge < -0.3 is 0 Å². The van der Waals surface area contributed by atoms with Gasteiger partial charge in [-0.1, -0.05) is 0 Å². The Morgan fingerprint density at radius 3 is 3.33 bits per heavy atom. The Bertz CT molecular complexity index is 181. The molecule has 2 heterocycles. The third-order valence-electron chi connectivity index (χ3n) is 1.54. The van der Waals surface area contributed by atoms with Crippen LogP contribution in [0, 0.1) is 0 Å². The van der Waals surface area contributed by atoms with Crippen molar-refractivity contribution in [2.45, 2.75) is 6.42 Å². The second kappa shape index (κ2) is 2.53. The normalized spacial score (nSPS) is 29.6. The third kappa shape index (κ3) is 1.08. The molecule has 0 saturated carbocycles. The quantitative estimate of drug-likeness (QED) is 0.404. The van der Waals surface area contributed by atoms with Crippen molar-refractivity contribution in [1.82, 2.24) is 0 Å². The van der Waals surface area contributed by atoms with Gasteiger partial charge in [0.05, 0.1) is 0 Å². The second-order valence-electron chi connectivity index (χ2n) is 2.13. The minimum atomic E-state index is -0.451. The fourth-order valence-corrected chi connectivity index (χ4v) is 17.9. The van der Waals surface area contributed by atoms with Gasteiger partial charge in [0.15, 0.2) is 0 Å². The molecule has 0 aromatic carbocycles. The van der Waals surface area contributed by atoms with Gasteiger partial charge in [-0.05, 0) is 0 Å². The Morgan fingerprint density at radius 2 is 2.56 bits per heavy atom. The molecule has 2 aliphatic heterocycles. The van der Waals surface area contributed by atoms with Crippen LogP contribution in [0.5, 0.6) is 0 Å². The summed E-state index contributed by atoms with van der Waals surface area (Å²) in [4.78, 5) is 0. The average molecular weight is 347 g/mol. The molecular formula is C7H9I2-. The Labute approximate surface area is 73.4 Å². The zero-order chi connectivity index (χ0) is 6.27. The molecule has 0 amide bonds. The monoisotopic (exact) mass is 347 g/mol. The van der Waals surface area contributed by atoms with Gasteiger partial charge in [0.25, 0.3) is 0 Å². The van der Waals surface area contributed by atoms with Crippen molar-refractivity contribution in [3.05, 3.63) is 19.8 Å². The molecule has 2 rings (SSSR count). The first-order valence-corrected chi connectivity index (χ1v) is 9.71. The van der Waals surface area contributed by atoms with Crippen molar-refractivity contribution < 1.29 is 21.2 Å². The van der Waals surface area contributed by atoms with Crippen LogP contribution in [0.1, 0.15) is 6.42 Å². The van der Waals surface area contributed by atoms with Crippen LogP contribution in [0.3, 0.4) is 0 Å². The van der Waals surface area contributed by atoms with Crippen LogP contribution in [0.25, 0.3) is 0 Å². The zero-order valence-corrected chi connectivity index (χ0v) is 9.48. The first-order chi connectivity index (χ1) is 4.38. The standard InChI is InChI=1S/C7H9I2/c1-6-7-3-2-4-9(7)5-8-6/h3H,1-2,4-5H2/q-1. The number of hydrogen-bond donors (Lipinski definition) is 0. The Morgan fingerprint density at radius 1 is 1.67 bits per heavy atom. The molecule has 0 radical (unpaired) electrons. The van der Waals surface area contributed by atoms with Gasteiger partial charge in [0.2, 0.25) is 0 Å². The Kier molecular flexibility index (Phi) is 1.86. The maximum atomic E-state index is 4.12. The van der Waals surface area contributed by atoms with E-state index in [1.807, 2.05) is 0 Å². The summed E-state index contributed by atoms with van der Waals surface area (Å²) in [6.45, 7) is 4.12. The molecule has 0 spiro atoms. The van der Waals surface area contributed by atoms with Crippen molar-refractivity contribution in [3.63, 3.8) is 0 Å². The summed E-state index contributed by atoms with van der Waals surface area (Å²) in [6, 6.07) is 0. The topological polar surface area (TPSA) is 0 Å². The molecule has 1 fully saturated rings. The molecule has 2 aliphatic rings. The molecule has 0 bridgehead atoms. The van der Waals surface area contributed by atoms with Gasteiger partial charge in [0, 0.05) is 0 Å². The van der Waals surface area contributed by atoms with E-state index in [9.17, 15) is 0 Å². The molecule has 52 valence electrons. The van der Waals surface area contributed by atoms with Crippen LogP contribution in [0.2, 0.25) is 0 Å². The SMILES string of the molecule is C=C1[I-]CI2CCC=C12. The molecule has 0 N–H and O–H groups in total. The van der Waals surface area contributed by atoms with E-state index < -0.39 is 19.8 Å². The molecule has 9 heavy (non-hydrogen) atoms. The van der Waals surface area contributed by atoms with E-state index in [1.165, 1.54) is 6.42 Å². The summed E-state index contributed by atoms with van der Waals surface area (Å²) in [5.41, 5.74) is 0. The van der Waals surface area contributed by atoms with Crippen molar-refractivity contribution in [2.75, 3.05) is 6.86 Å². The van der Waals surface area contributed by atoms with Gasteiger partial charge >= 0.3 is 74.1 Å².